The molecular weight excluding hydrogens is 689 g/mol. The van der Waals surface area contributed by atoms with E-state index >= 15 is 0 Å². The molecule has 13 nitrogen and oxygen atoms in total. The number of likely N-dealkylation sites (tertiary alicyclic amines) is 1. The Morgan fingerprint density at radius 1 is 1.06 bits per heavy atom. The van der Waals surface area contributed by atoms with E-state index < -0.39 is 73.9 Å². The fraction of sp³-hybridized carbons (Fsp3) is 0.447. The SMILES string of the molecule is C=C[C@@H]1C[C@]1(CC(=O)[C@@H]1C[C@@H](Oc2nccc3ccccc23)CN1C(=O)[C@@H](NC(=O)Oc1ccc(OC)cc1)C(C)(C)C)C(=O)NS(=O)(=O)C1CC1. The number of carbonyl (C=O) groups is 4. The molecule has 0 radical (unpaired) electrons. The number of hydrogen-bond acceptors (Lipinski definition) is 10. The lowest BCUT2D eigenvalue weighted by atomic mass is 9.85. The Bertz CT molecular complexity index is 1990. The zero-order valence-electron chi connectivity index (χ0n) is 29.7. The summed E-state index contributed by atoms with van der Waals surface area (Å²) in [4.78, 5) is 61.4. The van der Waals surface area contributed by atoms with Gasteiger partial charge in [-0.2, -0.15) is 0 Å². The normalized spacial score (nSPS) is 23.3. The van der Waals surface area contributed by atoms with Gasteiger partial charge in [-0.25, -0.2) is 18.2 Å². The zero-order chi connectivity index (χ0) is 37.4. The van der Waals surface area contributed by atoms with Crippen LogP contribution in [0.25, 0.3) is 10.8 Å². The summed E-state index contributed by atoms with van der Waals surface area (Å²) in [5.74, 6) is -0.978. The van der Waals surface area contributed by atoms with E-state index in [1.54, 1.807) is 57.3 Å². The summed E-state index contributed by atoms with van der Waals surface area (Å²) in [6.45, 7) is 9.13. The number of methoxy groups -OCH3 is 1. The van der Waals surface area contributed by atoms with Gasteiger partial charge in [0.15, 0.2) is 5.78 Å². The second kappa shape index (κ2) is 14.2. The van der Waals surface area contributed by atoms with Crippen LogP contribution < -0.4 is 24.2 Å². The van der Waals surface area contributed by atoms with E-state index in [0.29, 0.717) is 24.5 Å². The molecule has 5 atom stereocenters. The first-order valence-electron chi connectivity index (χ1n) is 17.3. The number of aromatic nitrogens is 1. The van der Waals surface area contributed by atoms with Crippen LogP contribution in [0.2, 0.25) is 0 Å². The summed E-state index contributed by atoms with van der Waals surface area (Å²) in [7, 11) is -2.34. The number of ketones is 1. The predicted octanol–water partition coefficient (Wildman–Crippen LogP) is 4.55. The standard InChI is InChI=1S/C38H44N4O9S/c1-6-24-20-38(24,35(45)41-52(47,48)28-15-16-28)21-31(43)30-19-27(50-33-29-10-8-7-9-23(29)17-18-39-33)22-42(30)34(44)32(37(2,3)4)40-36(46)51-26-13-11-25(49-5)12-14-26/h6-14,17-18,24,27-28,30,32H,1,15-16,19-22H2,2-5H3,(H,40,46)(H,41,45)/t24-,27-,30+,32-,38-/m1/s1. The highest BCUT2D eigenvalue weighted by molar-refractivity contribution is 7.90. The van der Waals surface area contributed by atoms with Crippen LogP contribution in [-0.2, 0) is 24.4 Å². The van der Waals surface area contributed by atoms with Gasteiger partial charge in [0.05, 0.1) is 30.4 Å². The molecule has 52 heavy (non-hydrogen) atoms. The van der Waals surface area contributed by atoms with Crippen LogP contribution >= 0.6 is 0 Å². The average molecular weight is 733 g/mol. The monoisotopic (exact) mass is 732 g/mol. The number of amides is 3. The molecule has 0 spiro atoms. The molecule has 1 aliphatic heterocycles. The number of carbonyl (C=O) groups excluding carboxylic acids is 4. The molecule has 276 valence electrons. The topological polar surface area (TPSA) is 170 Å². The molecule has 3 fully saturated rings. The summed E-state index contributed by atoms with van der Waals surface area (Å²) in [5.41, 5.74) is -2.14. The average Bonchev–Trinajstić information content (AvgIpc) is 4.04. The smallest absolute Gasteiger partial charge is 0.413 e. The summed E-state index contributed by atoms with van der Waals surface area (Å²) in [5, 5.41) is 3.74. The number of hydrogen-bond donors (Lipinski definition) is 2. The van der Waals surface area contributed by atoms with Gasteiger partial charge in [0.25, 0.3) is 0 Å². The van der Waals surface area contributed by atoms with Crippen LogP contribution in [0, 0.1) is 16.7 Å². The minimum Gasteiger partial charge on any atom is -0.497 e. The van der Waals surface area contributed by atoms with Crippen LogP contribution in [0.15, 0.2) is 73.4 Å². The fourth-order valence-electron chi connectivity index (χ4n) is 6.80. The number of nitrogens with zero attached hydrogens (tertiary/aromatic N) is 2. The van der Waals surface area contributed by atoms with Crippen LogP contribution in [0.1, 0.15) is 52.9 Å². The molecule has 2 saturated carbocycles. The minimum absolute atomic E-state index is 0.0118. The second-order valence-electron chi connectivity index (χ2n) is 14.8. The Labute approximate surface area is 303 Å². The third kappa shape index (κ3) is 7.76. The van der Waals surface area contributed by atoms with E-state index in [0.717, 1.165) is 10.8 Å². The van der Waals surface area contributed by atoms with Gasteiger partial charge in [-0.3, -0.25) is 19.1 Å². The molecule has 1 aromatic heterocycles. The Kier molecular flexibility index (Phi) is 10.1. The highest BCUT2D eigenvalue weighted by Crippen LogP contribution is 2.57. The number of sulfonamides is 1. The molecule has 3 aromatic rings. The van der Waals surface area contributed by atoms with E-state index in [1.807, 2.05) is 30.3 Å². The van der Waals surface area contributed by atoms with Crippen molar-refractivity contribution in [3.05, 3.63) is 73.4 Å². The van der Waals surface area contributed by atoms with Crippen molar-refractivity contribution in [3.63, 3.8) is 0 Å². The summed E-state index contributed by atoms with van der Waals surface area (Å²) < 4.78 is 44.6. The van der Waals surface area contributed by atoms with Gasteiger partial charge >= 0.3 is 6.09 Å². The van der Waals surface area contributed by atoms with E-state index in [-0.39, 0.29) is 31.6 Å². The Morgan fingerprint density at radius 3 is 2.38 bits per heavy atom. The highest BCUT2D eigenvalue weighted by Gasteiger charge is 2.61. The first-order chi connectivity index (χ1) is 24.6. The molecular formula is C38H44N4O9S. The molecule has 3 aliphatic rings. The van der Waals surface area contributed by atoms with Gasteiger partial charge in [0.2, 0.25) is 27.7 Å². The number of allylic oxidation sites excluding steroid dienone is 1. The maximum Gasteiger partial charge on any atom is 0.413 e. The van der Waals surface area contributed by atoms with E-state index in [1.165, 1.54) is 12.0 Å². The lowest BCUT2D eigenvalue weighted by Gasteiger charge is -2.35. The number of pyridine rings is 1. The number of Topliss-reactive ketones (excluding diaryl/α,β-unsaturated/α-hetero) is 1. The summed E-state index contributed by atoms with van der Waals surface area (Å²) in [6, 6.07) is 13.6. The number of nitrogens with one attached hydrogen (secondary N) is 2. The largest absolute Gasteiger partial charge is 0.497 e. The lowest BCUT2D eigenvalue weighted by molar-refractivity contribution is -0.142. The van der Waals surface area contributed by atoms with Gasteiger partial charge in [0.1, 0.15) is 23.6 Å². The molecule has 0 unspecified atom stereocenters. The van der Waals surface area contributed by atoms with E-state index in [9.17, 15) is 27.6 Å². The third-order valence-electron chi connectivity index (χ3n) is 10.0. The van der Waals surface area contributed by atoms with Gasteiger partial charge in [0, 0.05) is 24.4 Å². The van der Waals surface area contributed by atoms with Crippen molar-refractivity contribution in [1.82, 2.24) is 19.9 Å². The fourth-order valence-corrected chi connectivity index (χ4v) is 8.18. The third-order valence-corrected chi connectivity index (χ3v) is 11.9. The Morgan fingerprint density at radius 2 is 1.75 bits per heavy atom. The molecule has 14 heteroatoms. The zero-order valence-corrected chi connectivity index (χ0v) is 30.5. The lowest BCUT2D eigenvalue weighted by Crippen LogP contribution is -2.57. The molecule has 0 bridgehead atoms. The Hall–Kier alpha value is -4.98. The minimum atomic E-state index is -3.86. The van der Waals surface area contributed by atoms with E-state index in [2.05, 4.69) is 21.6 Å². The Balaban J connectivity index is 1.26. The van der Waals surface area contributed by atoms with Crippen molar-refractivity contribution in [2.45, 2.75) is 76.3 Å². The predicted molar refractivity (Wildman–Crippen MR) is 192 cm³/mol. The molecule has 2 N–H and O–H groups in total. The van der Waals surface area contributed by atoms with Gasteiger partial charge in [-0.05, 0) is 72.4 Å². The molecule has 2 aliphatic carbocycles. The molecule has 1 saturated heterocycles. The molecule has 3 amide bonds. The number of ether oxygens (including phenoxy) is 3. The van der Waals surface area contributed by atoms with Crippen LogP contribution in [0.4, 0.5) is 4.79 Å². The van der Waals surface area contributed by atoms with Gasteiger partial charge in [-0.1, -0.05) is 45.0 Å². The number of fused-ring (bicyclic) bond motifs is 1. The summed E-state index contributed by atoms with van der Waals surface area (Å²) >= 11 is 0. The second-order valence-corrected chi connectivity index (χ2v) is 16.8. The van der Waals surface area contributed by atoms with Crippen molar-refractivity contribution < 1.29 is 41.8 Å². The van der Waals surface area contributed by atoms with E-state index in [4.69, 9.17) is 14.2 Å². The van der Waals surface area contributed by atoms with Gasteiger partial charge < -0.3 is 24.4 Å². The maximum absolute atomic E-state index is 14.5. The quantitative estimate of drug-likeness (QED) is 0.238. The number of benzene rings is 2. The molecule has 2 aromatic carbocycles. The summed E-state index contributed by atoms with van der Waals surface area (Å²) in [6.07, 6.45) is 2.61. The molecule has 6 rings (SSSR count). The number of rotatable bonds is 13. The first-order valence-corrected chi connectivity index (χ1v) is 18.8. The van der Waals surface area contributed by atoms with Crippen molar-refractivity contribution in [1.29, 1.82) is 0 Å². The van der Waals surface area contributed by atoms with Crippen molar-refractivity contribution in [2.75, 3.05) is 13.7 Å². The van der Waals surface area contributed by atoms with Crippen LogP contribution in [-0.4, -0.2) is 79.1 Å². The first kappa shape index (κ1) is 36.8. The highest BCUT2D eigenvalue weighted by atomic mass is 32.2. The van der Waals surface area contributed by atoms with Crippen molar-refractivity contribution >= 4 is 44.5 Å². The van der Waals surface area contributed by atoms with Crippen molar-refractivity contribution in [3.8, 4) is 17.4 Å². The molecule has 2 heterocycles. The van der Waals surface area contributed by atoms with Crippen molar-refractivity contribution in [2.24, 2.45) is 16.7 Å². The van der Waals surface area contributed by atoms with Crippen LogP contribution in [0.3, 0.4) is 0 Å². The maximum atomic E-state index is 14.5. The van der Waals surface area contributed by atoms with Crippen LogP contribution in [0.5, 0.6) is 17.4 Å². The van der Waals surface area contributed by atoms with Gasteiger partial charge in [-0.15, -0.1) is 6.58 Å².